The van der Waals surface area contributed by atoms with Gasteiger partial charge in [-0.15, -0.1) is 24.9 Å². The molecule has 4 rings (SSSR count). The first-order valence-corrected chi connectivity index (χ1v) is 15.5. The van der Waals surface area contributed by atoms with Gasteiger partial charge in [0.05, 0.1) is 16.6 Å². The number of anilines is 1. The van der Waals surface area contributed by atoms with Gasteiger partial charge in [-0.2, -0.15) is 0 Å². The maximum absolute atomic E-state index is 14.8. The zero-order valence-electron chi connectivity index (χ0n) is 24.5. The maximum atomic E-state index is 14.8. The number of carbonyl (C=O) groups excluding carboxylic acids is 3. The lowest BCUT2D eigenvalue weighted by Gasteiger charge is -2.41. The number of unbranched alkanes of at least 4 members (excludes halogenated alkanes) is 1. The topological polar surface area (TPSA) is 81.2 Å². The molecule has 6 atom stereocenters. The normalized spacial score (nSPS) is 28.5. The third-order valence-electron chi connectivity index (χ3n) is 8.96. The van der Waals surface area contributed by atoms with Crippen LogP contribution in [0.2, 0.25) is 0 Å². The van der Waals surface area contributed by atoms with Gasteiger partial charge in [0.15, 0.2) is 0 Å². The Bertz CT molecular complexity index is 1150. The zero-order valence-corrected chi connectivity index (χ0v) is 25.3. The Labute approximate surface area is 243 Å². The number of likely N-dealkylation sites (tertiary alicyclic amines) is 1. The molecule has 1 spiro atoms. The molecule has 2 bridgehead atoms. The van der Waals surface area contributed by atoms with Crippen LogP contribution in [0.25, 0.3) is 0 Å². The van der Waals surface area contributed by atoms with Crippen molar-refractivity contribution >= 4 is 35.2 Å². The smallest absolute Gasteiger partial charge is 0.251 e. The van der Waals surface area contributed by atoms with E-state index in [0.29, 0.717) is 39.0 Å². The molecular formula is C32H45N3O4S. The number of aliphatic hydroxyl groups excluding tert-OH is 1. The van der Waals surface area contributed by atoms with Crippen molar-refractivity contribution in [3.8, 4) is 0 Å². The molecule has 7 nitrogen and oxygen atoms in total. The number of nitrogens with zero attached hydrogens (tertiary/aromatic N) is 3. The number of aliphatic hydroxyl groups is 1. The van der Waals surface area contributed by atoms with Crippen LogP contribution in [0.5, 0.6) is 0 Å². The summed E-state index contributed by atoms with van der Waals surface area (Å²) in [6, 6.07) is 5.38. The van der Waals surface area contributed by atoms with E-state index in [0.717, 1.165) is 29.7 Å². The minimum atomic E-state index is -0.689. The van der Waals surface area contributed by atoms with Gasteiger partial charge in [0.25, 0.3) is 5.91 Å². The summed E-state index contributed by atoms with van der Waals surface area (Å²) in [6.45, 7) is 17.8. The van der Waals surface area contributed by atoms with Crippen LogP contribution in [-0.2, 0) is 14.4 Å². The highest BCUT2D eigenvalue weighted by Gasteiger charge is 2.76. The van der Waals surface area contributed by atoms with Crippen LogP contribution in [0.1, 0.15) is 50.7 Å². The number of thioether (sulfide) groups is 1. The van der Waals surface area contributed by atoms with E-state index in [1.54, 1.807) is 33.7 Å². The molecule has 0 aromatic heterocycles. The van der Waals surface area contributed by atoms with Crippen LogP contribution in [0.4, 0.5) is 5.69 Å². The summed E-state index contributed by atoms with van der Waals surface area (Å²) in [5, 5.41) is 9.48. The van der Waals surface area contributed by atoms with Gasteiger partial charge in [-0.25, -0.2) is 0 Å². The van der Waals surface area contributed by atoms with Crippen LogP contribution in [-0.4, -0.2) is 81.5 Å². The van der Waals surface area contributed by atoms with E-state index in [4.69, 9.17) is 0 Å². The number of hydrogen-bond donors (Lipinski definition) is 1. The van der Waals surface area contributed by atoms with Crippen molar-refractivity contribution in [3.63, 3.8) is 0 Å². The molecule has 3 heterocycles. The molecular weight excluding hydrogens is 522 g/mol. The maximum Gasteiger partial charge on any atom is 0.251 e. The summed E-state index contributed by atoms with van der Waals surface area (Å²) < 4.78 is -0.679. The molecule has 218 valence electrons. The van der Waals surface area contributed by atoms with Crippen LogP contribution in [0.15, 0.2) is 43.5 Å². The van der Waals surface area contributed by atoms with Gasteiger partial charge < -0.3 is 19.8 Å². The number of rotatable bonds is 13. The van der Waals surface area contributed by atoms with E-state index < -0.39 is 22.6 Å². The molecule has 8 heteroatoms. The van der Waals surface area contributed by atoms with Gasteiger partial charge in [0, 0.05) is 43.7 Å². The van der Waals surface area contributed by atoms with Crippen molar-refractivity contribution in [2.75, 3.05) is 37.7 Å². The summed E-state index contributed by atoms with van der Waals surface area (Å²) in [6.07, 6.45) is 6.25. The molecule has 3 fully saturated rings. The average Bonchev–Trinajstić information content (AvgIpc) is 3.52. The predicted octanol–water partition coefficient (Wildman–Crippen LogP) is 4.36. The lowest BCUT2D eigenvalue weighted by Crippen LogP contribution is -2.57. The zero-order chi connectivity index (χ0) is 29.2. The molecule has 0 saturated carbocycles. The summed E-state index contributed by atoms with van der Waals surface area (Å²) in [4.78, 5) is 48.6. The third kappa shape index (κ3) is 5.02. The molecule has 3 aliphatic heterocycles. The van der Waals surface area contributed by atoms with E-state index in [9.17, 15) is 19.5 Å². The Morgan fingerprint density at radius 3 is 2.55 bits per heavy atom. The molecule has 0 aliphatic carbocycles. The first-order valence-electron chi connectivity index (χ1n) is 14.7. The van der Waals surface area contributed by atoms with Crippen molar-refractivity contribution in [2.45, 2.75) is 69.4 Å². The minimum absolute atomic E-state index is 0.00377. The lowest BCUT2D eigenvalue weighted by molar-refractivity contribution is -0.144. The van der Waals surface area contributed by atoms with E-state index in [1.807, 2.05) is 43.9 Å². The molecule has 3 amide bonds. The third-order valence-corrected chi connectivity index (χ3v) is 11.0. The van der Waals surface area contributed by atoms with E-state index >= 15 is 0 Å². The van der Waals surface area contributed by atoms with Gasteiger partial charge in [0.2, 0.25) is 11.8 Å². The summed E-state index contributed by atoms with van der Waals surface area (Å²) in [5.41, 5.74) is 2.86. The van der Waals surface area contributed by atoms with Gasteiger partial charge in [0.1, 0.15) is 6.04 Å². The van der Waals surface area contributed by atoms with E-state index in [-0.39, 0.29) is 35.5 Å². The summed E-state index contributed by atoms with van der Waals surface area (Å²) in [7, 11) is 0. The highest BCUT2D eigenvalue weighted by atomic mass is 32.2. The predicted molar refractivity (Wildman–Crippen MR) is 162 cm³/mol. The van der Waals surface area contributed by atoms with Crippen molar-refractivity contribution in [3.05, 3.63) is 54.6 Å². The second kappa shape index (κ2) is 12.5. The Kier molecular flexibility index (Phi) is 9.51. The Hall–Kier alpha value is -2.58. The second-order valence-corrected chi connectivity index (χ2v) is 13.2. The van der Waals surface area contributed by atoms with Crippen LogP contribution >= 0.6 is 11.8 Å². The van der Waals surface area contributed by atoms with Crippen molar-refractivity contribution < 1.29 is 19.5 Å². The number of benzene rings is 1. The molecule has 40 heavy (non-hydrogen) atoms. The molecule has 3 saturated heterocycles. The number of hydrogen-bond acceptors (Lipinski definition) is 5. The van der Waals surface area contributed by atoms with Crippen molar-refractivity contribution in [1.29, 1.82) is 0 Å². The number of aryl methyl sites for hydroxylation is 2. The molecule has 1 aromatic rings. The number of carbonyl (C=O) groups is 3. The van der Waals surface area contributed by atoms with Crippen molar-refractivity contribution in [2.24, 2.45) is 17.8 Å². The lowest BCUT2D eigenvalue weighted by atomic mass is 9.65. The molecule has 3 unspecified atom stereocenters. The first-order chi connectivity index (χ1) is 19.2. The molecule has 0 radical (unpaired) electrons. The SMILES string of the molecule is C=CCN(CCC)C(=O)[C@@H]1[C@H]2C(=O)N(CCCCO)C(C(=O)N(CC=C)c3cc(C)ccc3C)C23S[C@@H]1CC3C. The van der Waals surface area contributed by atoms with Crippen molar-refractivity contribution in [1.82, 2.24) is 9.80 Å². The molecule has 1 N–H and O–H groups in total. The highest BCUT2D eigenvalue weighted by molar-refractivity contribution is 8.02. The summed E-state index contributed by atoms with van der Waals surface area (Å²) in [5.74, 6) is -1.10. The van der Waals surface area contributed by atoms with E-state index in [1.165, 1.54) is 0 Å². The van der Waals surface area contributed by atoms with Gasteiger partial charge in [-0.05, 0) is 62.6 Å². The fraction of sp³-hybridized carbons (Fsp3) is 0.594. The molecule has 3 aliphatic rings. The average molecular weight is 568 g/mol. The monoisotopic (exact) mass is 567 g/mol. The van der Waals surface area contributed by atoms with Gasteiger partial charge in [-0.1, -0.05) is 38.1 Å². The quantitative estimate of drug-likeness (QED) is 0.283. The standard InChI is InChI=1S/C32H45N3O4S/c1-7-14-33(15-8-2)29(37)26-25-20-23(6)32(40-25)27(26)30(38)35(17-10-11-18-36)28(32)31(39)34(16-9-3)24-19-21(4)12-13-22(24)5/h7,9,12-13,19,23,25-28,36H,1,3,8,10-11,14-18,20H2,2,4-6H3/t23?,25-,26+,27+,28?,32?/m1/s1. The molecule has 1 aromatic carbocycles. The van der Waals surface area contributed by atoms with Gasteiger partial charge >= 0.3 is 0 Å². The number of amides is 3. The van der Waals surface area contributed by atoms with Gasteiger partial charge in [-0.3, -0.25) is 14.4 Å². The largest absolute Gasteiger partial charge is 0.396 e. The second-order valence-electron chi connectivity index (χ2n) is 11.6. The Morgan fingerprint density at radius 2 is 1.90 bits per heavy atom. The van der Waals surface area contributed by atoms with Crippen LogP contribution in [0, 0.1) is 31.6 Å². The fourth-order valence-electron chi connectivity index (χ4n) is 7.24. The highest BCUT2D eigenvalue weighted by Crippen LogP contribution is 2.69. The van der Waals surface area contributed by atoms with Crippen LogP contribution < -0.4 is 4.90 Å². The van der Waals surface area contributed by atoms with Crippen LogP contribution in [0.3, 0.4) is 0 Å². The Balaban J connectivity index is 1.81. The first kappa shape index (κ1) is 30.4. The summed E-state index contributed by atoms with van der Waals surface area (Å²) >= 11 is 1.71. The number of fused-ring (bicyclic) bond motifs is 1. The fourth-order valence-corrected chi connectivity index (χ4v) is 9.65. The minimum Gasteiger partial charge on any atom is -0.396 e. The van der Waals surface area contributed by atoms with E-state index in [2.05, 4.69) is 20.1 Å². The Morgan fingerprint density at radius 1 is 1.18 bits per heavy atom.